The van der Waals surface area contributed by atoms with Gasteiger partial charge in [-0.1, -0.05) is 36.4 Å². The lowest BCUT2D eigenvalue weighted by molar-refractivity contribution is 0.0527. The summed E-state index contributed by atoms with van der Waals surface area (Å²) in [6.07, 6.45) is 1.51. The van der Waals surface area contributed by atoms with Gasteiger partial charge in [0.15, 0.2) is 5.78 Å². The molecule has 0 aliphatic rings. The highest BCUT2D eigenvalue weighted by atomic mass is 32.1. The molecule has 0 aliphatic heterocycles. The van der Waals surface area contributed by atoms with E-state index in [4.69, 9.17) is 4.74 Å². The van der Waals surface area contributed by atoms with Crippen molar-refractivity contribution >= 4 is 55.8 Å². The molecule has 0 fully saturated rings. The number of hydrogen-bond acceptors (Lipinski definition) is 8. The van der Waals surface area contributed by atoms with E-state index >= 15 is 0 Å². The van der Waals surface area contributed by atoms with E-state index in [0.717, 1.165) is 22.0 Å². The molecule has 0 radical (unpaired) electrons. The standard InChI is InChI=1S/C26H21N3O3S2/c1-4-32-26(31)22-15(2)23(16(3)30)34-25(22)28-13-20(12-27)24-29-21(14-33-24)19-10-9-17-7-5-6-8-18(17)11-19/h5-11,13-14,28H,4H2,1-3H3/b20-13+. The number of ketones is 1. The number of fused-ring (bicyclic) bond motifs is 1. The van der Waals surface area contributed by atoms with Crippen molar-refractivity contribution in [3.63, 3.8) is 0 Å². The lowest BCUT2D eigenvalue weighted by atomic mass is 10.1. The predicted molar refractivity (Wildman–Crippen MR) is 137 cm³/mol. The molecule has 0 amide bonds. The number of carbonyl (C=O) groups is 2. The number of thiazole rings is 1. The first-order chi connectivity index (χ1) is 16.4. The maximum Gasteiger partial charge on any atom is 0.341 e. The number of aromatic nitrogens is 1. The summed E-state index contributed by atoms with van der Waals surface area (Å²) in [7, 11) is 0. The molecule has 34 heavy (non-hydrogen) atoms. The summed E-state index contributed by atoms with van der Waals surface area (Å²) >= 11 is 2.53. The van der Waals surface area contributed by atoms with Crippen molar-refractivity contribution in [2.45, 2.75) is 20.8 Å². The minimum absolute atomic E-state index is 0.134. The Morgan fingerprint density at radius 3 is 2.68 bits per heavy atom. The van der Waals surface area contributed by atoms with Gasteiger partial charge in [0.25, 0.3) is 0 Å². The fourth-order valence-corrected chi connectivity index (χ4v) is 5.41. The number of ether oxygens (including phenoxy) is 1. The van der Waals surface area contributed by atoms with Crippen molar-refractivity contribution in [2.24, 2.45) is 0 Å². The Bertz CT molecular complexity index is 1470. The van der Waals surface area contributed by atoms with Crippen LogP contribution in [0.15, 0.2) is 54.0 Å². The first-order valence-corrected chi connectivity index (χ1v) is 12.3. The molecule has 0 atom stereocenters. The number of rotatable bonds is 7. The van der Waals surface area contributed by atoms with E-state index in [-0.39, 0.29) is 12.4 Å². The monoisotopic (exact) mass is 487 g/mol. The predicted octanol–water partition coefficient (Wildman–Crippen LogP) is 6.69. The molecule has 0 saturated carbocycles. The van der Waals surface area contributed by atoms with Gasteiger partial charge in [0, 0.05) is 17.1 Å². The van der Waals surface area contributed by atoms with Gasteiger partial charge in [0.2, 0.25) is 0 Å². The van der Waals surface area contributed by atoms with Crippen LogP contribution in [0.2, 0.25) is 0 Å². The molecule has 170 valence electrons. The van der Waals surface area contributed by atoms with Gasteiger partial charge in [-0.25, -0.2) is 9.78 Å². The molecule has 0 spiro atoms. The van der Waals surface area contributed by atoms with Crippen molar-refractivity contribution in [1.82, 2.24) is 4.98 Å². The van der Waals surface area contributed by atoms with E-state index in [9.17, 15) is 14.9 Å². The topological polar surface area (TPSA) is 92.1 Å². The lowest BCUT2D eigenvalue weighted by Gasteiger charge is -2.05. The van der Waals surface area contributed by atoms with Crippen LogP contribution in [0.1, 0.15) is 44.4 Å². The number of nitriles is 1. The molecule has 6 nitrogen and oxygen atoms in total. The van der Waals surface area contributed by atoms with Crippen molar-refractivity contribution in [2.75, 3.05) is 11.9 Å². The van der Waals surface area contributed by atoms with Crippen LogP contribution in [0.3, 0.4) is 0 Å². The molecule has 0 bridgehead atoms. The van der Waals surface area contributed by atoms with Gasteiger partial charge in [-0.05, 0) is 43.2 Å². The highest BCUT2D eigenvalue weighted by Gasteiger charge is 2.24. The summed E-state index contributed by atoms with van der Waals surface area (Å²) in [5, 5.41) is 18.0. The summed E-state index contributed by atoms with van der Waals surface area (Å²) < 4.78 is 5.16. The Kier molecular flexibility index (Phi) is 6.87. The quantitative estimate of drug-likeness (QED) is 0.177. The molecule has 0 aliphatic carbocycles. The number of esters is 1. The normalized spacial score (nSPS) is 11.3. The third-order valence-electron chi connectivity index (χ3n) is 5.19. The molecule has 0 saturated heterocycles. The zero-order valence-corrected chi connectivity index (χ0v) is 20.5. The van der Waals surface area contributed by atoms with E-state index < -0.39 is 5.97 Å². The molecule has 4 aromatic rings. The third-order valence-corrected chi connectivity index (χ3v) is 7.39. The van der Waals surface area contributed by atoms with Crippen LogP contribution in [0.25, 0.3) is 27.6 Å². The number of Topliss-reactive ketones (excluding diaryl/α,β-unsaturated/α-hetero) is 1. The smallest absolute Gasteiger partial charge is 0.341 e. The number of nitrogens with zero attached hydrogens (tertiary/aromatic N) is 2. The number of carbonyl (C=O) groups excluding carboxylic acids is 2. The second-order valence-corrected chi connectivity index (χ2v) is 9.33. The summed E-state index contributed by atoms with van der Waals surface area (Å²) in [5.74, 6) is -0.642. The first kappa shape index (κ1) is 23.4. The average molecular weight is 488 g/mol. The minimum atomic E-state index is -0.508. The fraction of sp³-hybridized carbons (Fsp3) is 0.154. The van der Waals surface area contributed by atoms with Crippen LogP contribution in [-0.2, 0) is 4.74 Å². The zero-order chi connectivity index (χ0) is 24.2. The summed E-state index contributed by atoms with van der Waals surface area (Å²) in [6, 6.07) is 16.4. The fourth-order valence-electron chi connectivity index (χ4n) is 3.56. The number of hydrogen-bond donors (Lipinski definition) is 1. The number of thiophene rings is 1. The van der Waals surface area contributed by atoms with Gasteiger partial charge < -0.3 is 10.1 Å². The van der Waals surface area contributed by atoms with E-state index in [1.165, 1.54) is 35.8 Å². The summed E-state index contributed by atoms with van der Waals surface area (Å²) in [5.41, 5.74) is 2.95. The lowest BCUT2D eigenvalue weighted by Crippen LogP contribution is -2.08. The molecule has 2 aromatic heterocycles. The molecule has 8 heteroatoms. The molecular formula is C26H21N3O3S2. The Morgan fingerprint density at radius 2 is 1.97 bits per heavy atom. The Balaban J connectivity index is 1.64. The molecule has 2 aromatic carbocycles. The number of nitrogens with one attached hydrogen (secondary N) is 1. The maximum absolute atomic E-state index is 12.5. The van der Waals surface area contributed by atoms with Gasteiger partial charge in [0.1, 0.15) is 21.7 Å². The van der Waals surface area contributed by atoms with Crippen LogP contribution in [-0.4, -0.2) is 23.3 Å². The molecule has 1 N–H and O–H groups in total. The highest BCUT2D eigenvalue weighted by Crippen LogP contribution is 2.35. The molecule has 2 heterocycles. The second kappa shape index (κ2) is 10.00. The van der Waals surface area contributed by atoms with Crippen LogP contribution in [0, 0.1) is 18.3 Å². The van der Waals surface area contributed by atoms with Gasteiger partial charge in [-0.3, -0.25) is 4.79 Å². The second-order valence-electron chi connectivity index (χ2n) is 7.45. The first-order valence-electron chi connectivity index (χ1n) is 10.6. The van der Waals surface area contributed by atoms with E-state index in [1.54, 1.807) is 13.8 Å². The highest BCUT2D eigenvalue weighted by molar-refractivity contribution is 7.18. The largest absolute Gasteiger partial charge is 0.462 e. The van der Waals surface area contributed by atoms with Gasteiger partial charge >= 0.3 is 5.97 Å². The van der Waals surface area contributed by atoms with Crippen LogP contribution >= 0.6 is 22.7 Å². The zero-order valence-electron chi connectivity index (χ0n) is 18.8. The van der Waals surface area contributed by atoms with Gasteiger partial charge in [0.05, 0.1) is 22.7 Å². The van der Waals surface area contributed by atoms with E-state index in [2.05, 4.69) is 40.6 Å². The van der Waals surface area contributed by atoms with Gasteiger partial charge in [-0.2, -0.15) is 5.26 Å². The van der Waals surface area contributed by atoms with Gasteiger partial charge in [-0.15, -0.1) is 22.7 Å². The van der Waals surface area contributed by atoms with Crippen LogP contribution in [0.4, 0.5) is 5.00 Å². The van der Waals surface area contributed by atoms with E-state index in [0.29, 0.717) is 31.6 Å². The van der Waals surface area contributed by atoms with Crippen molar-refractivity contribution < 1.29 is 14.3 Å². The van der Waals surface area contributed by atoms with Crippen LogP contribution < -0.4 is 5.32 Å². The Hall–Kier alpha value is -3.80. The molecule has 0 unspecified atom stereocenters. The number of allylic oxidation sites excluding steroid dienone is 1. The summed E-state index contributed by atoms with van der Waals surface area (Å²) in [4.78, 5) is 29.6. The van der Waals surface area contributed by atoms with Crippen molar-refractivity contribution in [1.29, 1.82) is 5.26 Å². The van der Waals surface area contributed by atoms with Crippen LogP contribution in [0.5, 0.6) is 0 Å². The van der Waals surface area contributed by atoms with Crippen molar-refractivity contribution in [3.05, 3.63) is 75.1 Å². The van der Waals surface area contributed by atoms with Crippen molar-refractivity contribution in [3.8, 4) is 17.3 Å². The Morgan fingerprint density at radius 1 is 1.21 bits per heavy atom. The summed E-state index contributed by atoms with van der Waals surface area (Å²) in [6.45, 7) is 5.12. The molecule has 4 rings (SSSR count). The number of benzene rings is 2. The Labute approximate surface area is 205 Å². The minimum Gasteiger partial charge on any atom is -0.462 e. The number of anilines is 1. The third kappa shape index (κ3) is 4.62. The van der Waals surface area contributed by atoms with E-state index in [1.807, 2.05) is 23.6 Å². The maximum atomic E-state index is 12.5. The molecular weight excluding hydrogens is 466 g/mol. The average Bonchev–Trinajstić information content (AvgIpc) is 3.44. The SMILES string of the molecule is CCOC(=O)c1c(N/C=C(\C#N)c2nc(-c3ccc4ccccc4c3)cs2)sc(C(C)=O)c1C.